The maximum absolute atomic E-state index is 13.0. The van der Waals surface area contributed by atoms with Crippen molar-refractivity contribution in [1.82, 2.24) is 9.55 Å². The van der Waals surface area contributed by atoms with Gasteiger partial charge in [0.2, 0.25) is 5.91 Å². The number of para-hydroxylation sites is 2. The van der Waals surface area contributed by atoms with Crippen LogP contribution in [0, 0.1) is 25.2 Å². The van der Waals surface area contributed by atoms with Gasteiger partial charge in [-0.25, -0.2) is 4.98 Å². The highest BCUT2D eigenvalue weighted by molar-refractivity contribution is 5.94. The first-order chi connectivity index (χ1) is 13.0. The smallest absolute Gasteiger partial charge is 0.269 e. The van der Waals surface area contributed by atoms with Crippen molar-refractivity contribution >= 4 is 22.6 Å². The second-order valence-electron chi connectivity index (χ2n) is 6.39. The summed E-state index contributed by atoms with van der Waals surface area (Å²) < 4.78 is 1.42. The summed E-state index contributed by atoms with van der Waals surface area (Å²) in [7, 11) is 0. The zero-order valence-corrected chi connectivity index (χ0v) is 15.3. The minimum Gasteiger partial charge on any atom is -0.310 e. The maximum atomic E-state index is 13.0. The van der Waals surface area contributed by atoms with Crippen molar-refractivity contribution in [3.05, 3.63) is 70.1 Å². The number of amides is 1. The molecule has 1 aromatic heterocycles. The average molecular weight is 360 g/mol. The molecule has 2 aromatic carbocycles. The molecule has 27 heavy (non-hydrogen) atoms. The van der Waals surface area contributed by atoms with Gasteiger partial charge in [0.05, 0.1) is 29.7 Å². The van der Waals surface area contributed by atoms with Crippen LogP contribution in [0.5, 0.6) is 0 Å². The number of nitrogens with zero attached hydrogens (tertiary/aromatic N) is 4. The fourth-order valence-electron chi connectivity index (χ4n) is 2.95. The Morgan fingerprint density at radius 1 is 1.19 bits per heavy atom. The van der Waals surface area contributed by atoms with Crippen molar-refractivity contribution in [2.24, 2.45) is 0 Å². The van der Waals surface area contributed by atoms with E-state index in [1.165, 1.54) is 10.8 Å². The van der Waals surface area contributed by atoms with Gasteiger partial charge in [-0.2, -0.15) is 5.26 Å². The van der Waals surface area contributed by atoms with Crippen LogP contribution in [0.15, 0.2) is 53.5 Å². The van der Waals surface area contributed by atoms with Gasteiger partial charge in [0.1, 0.15) is 6.54 Å². The maximum Gasteiger partial charge on any atom is 0.269 e. The Labute approximate surface area is 157 Å². The van der Waals surface area contributed by atoms with E-state index in [1.54, 1.807) is 23.1 Å². The summed E-state index contributed by atoms with van der Waals surface area (Å²) in [6.07, 6.45) is 1.44. The largest absolute Gasteiger partial charge is 0.310 e. The Kier molecular flexibility index (Phi) is 5.32. The molecule has 136 valence electrons. The third kappa shape index (κ3) is 3.87. The molecule has 6 heteroatoms. The van der Waals surface area contributed by atoms with Gasteiger partial charge in [0.15, 0.2) is 0 Å². The van der Waals surface area contributed by atoms with Crippen molar-refractivity contribution in [3.63, 3.8) is 0 Å². The molecule has 0 spiro atoms. The predicted octanol–water partition coefficient (Wildman–Crippen LogP) is 2.96. The molecule has 0 aliphatic heterocycles. The quantitative estimate of drug-likeness (QED) is 0.701. The Bertz CT molecular complexity index is 1100. The summed E-state index contributed by atoms with van der Waals surface area (Å²) in [5.41, 5.74) is 3.85. The molecule has 0 aliphatic carbocycles. The number of hydrogen-bond donors (Lipinski definition) is 0. The number of aromatic nitrogens is 2. The molecule has 0 radical (unpaired) electrons. The standard InChI is InChI=1S/C21H20N4O2/c1-15-8-9-17(12-16(15)2)24(11-5-10-22)21(27)14-25-19-7-4-3-6-18(19)23-13-20(25)26/h3-4,6-9,12-13H,5,11,14H2,1-2H3. The van der Waals surface area contributed by atoms with Crippen molar-refractivity contribution < 1.29 is 4.79 Å². The van der Waals surface area contributed by atoms with Crippen LogP contribution in [0.2, 0.25) is 0 Å². The van der Waals surface area contributed by atoms with E-state index in [2.05, 4.69) is 11.1 Å². The van der Waals surface area contributed by atoms with E-state index in [-0.39, 0.29) is 31.0 Å². The van der Waals surface area contributed by atoms with Crippen LogP contribution < -0.4 is 10.5 Å². The van der Waals surface area contributed by atoms with Crippen LogP contribution in [-0.4, -0.2) is 22.0 Å². The van der Waals surface area contributed by atoms with E-state index in [4.69, 9.17) is 5.26 Å². The van der Waals surface area contributed by atoms with Crippen molar-refractivity contribution in [2.75, 3.05) is 11.4 Å². The number of carbonyl (C=O) groups excluding carboxylic acids is 1. The normalized spacial score (nSPS) is 10.6. The predicted molar refractivity (Wildman–Crippen MR) is 105 cm³/mol. The summed E-state index contributed by atoms with van der Waals surface area (Å²) in [5, 5.41) is 8.97. The second kappa shape index (κ2) is 7.83. The highest BCUT2D eigenvalue weighted by Crippen LogP contribution is 2.20. The van der Waals surface area contributed by atoms with Crippen molar-refractivity contribution in [1.29, 1.82) is 5.26 Å². The SMILES string of the molecule is Cc1ccc(N(CCC#N)C(=O)Cn2c(=O)cnc3ccccc32)cc1C. The number of aryl methyl sites for hydroxylation is 2. The molecule has 0 atom stereocenters. The summed E-state index contributed by atoms with van der Waals surface area (Å²) in [5.74, 6) is -0.244. The van der Waals surface area contributed by atoms with Crippen molar-refractivity contribution in [2.45, 2.75) is 26.8 Å². The molecule has 3 aromatic rings. The number of hydrogen-bond acceptors (Lipinski definition) is 4. The third-order valence-corrected chi connectivity index (χ3v) is 4.60. The zero-order chi connectivity index (χ0) is 19.4. The molecule has 1 heterocycles. The topological polar surface area (TPSA) is 79.0 Å². The lowest BCUT2D eigenvalue weighted by atomic mass is 10.1. The van der Waals surface area contributed by atoms with E-state index in [9.17, 15) is 9.59 Å². The van der Waals surface area contributed by atoms with Crippen LogP contribution >= 0.6 is 0 Å². The van der Waals surface area contributed by atoms with E-state index >= 15 is 0 Å². The van der Waals surface area contributed by atoms with Gasteiger partial charge in [-0.15, -0.1) is 0 Å². The minimum absolute atomic E-state index is 0.111. The van der Waals surface area contributed by atoms with Crippen molar-refractivity contribution in [3.8, 4) is 6.07 Å². The molecule has 0 N–H and O–H groups in total. The number of rotatable bonds is 5. The second-order valence-corrected chi connectivity index (χ2v) is 6.39. The molecule has 3 rings (SSSR count). The Hall–Kier alpha value is -3.46. The number of benzene rings is 2. The number of fused-ring (bicyclic) bond motifs is 1. The van der Waals surface area contributed by atoms with Gasteiger partial charge in [-0.3, -0.25) is 14.2 Å². The van der Waals surface area contributed by atoms with Gasteiger partial charge in [0, 0.05) is 12.2 Å². The molecular weight excluding hydrogens is 340 g/mol. The molecule has 0 aliphatic rings. The van der Waals surface area contributed by atoms with Gasteiger partial charge in [0.25, 0.3) is 5.56 Å². The van der Waals surface area contributed by atoms with E-state index in [0.29, 0.717) is 11.0 Å². The first-order valence-electron chi connectivity index (χ1n) is 8.70. The van der Waals surface area contributed by atoms with Gasteiger partial charge < -0.3 is 4.90 Å². The monoisotopic (exact) mass is 360 g/mol. The van der Waals surface area contributed by atoms with E-state index < -0.39 is 0 Å². The highest BCUT2D eigenvalue weighted by atomic mass is 16.2. The first kappa shape index (κ1) is 18.3. The lowest BCUT2D eigenvalue weighted by molar-refractivity contribution is -0.119. The minimum atomic E-state index is -0.331. The fraction of sp³-hybridized carbons (Fsp3) is 0.238. The number of anilines is 1. The Morgan fingerprint density at radius 2 is 1.96 bits per heavy atom. The summed E-state index contributed by atoms with van der Waals surface area (Å²) in [6, 6.07) is 15.0. The molecular formula is C21H20N4O2. The average Bonchev–Trinajstić information content (AvgIpc) is 2.67. The van der Waals surface area contributed by atoms with Crippen LogP contribution in [0.4, 0.5) is 5.69 Å². The molecule has 0 saturated heterocycles. The van der Waals surface area contributed by atoms with Gasteiger partial charge >= 0.3 is 0 Å². The van der Waals surface area contributed by atoms with E-state index in [0.717, 1.165) is 16.8 Å². The molecule has 1 amide bonds. The number of carbonyl (C=O) groups is 1. The van der Waals surface area contributed by atoms with Crippen LogP contribution in [0.3, 0.4) is 0 Å². The zero-order valence-electron chi connectivity index (χ0n) is 15.3. The molecule has 0 bridgehead atoms. The number of nitriles is 1. The van der Waals surface area contributed by atoms with Gasteiger partial charge in [-0.05, 0) is 49.2 Å². The molecule has 0 saturated carbocycles. The summed E-state index contributed by atoms with van der Waals surface area (Å²) >= 11 is 0. The Morgan fingerprint density at radius 3 is 2.70 bits per heavy atom. The Balaban J connectivity index is 1.98. The molecule has 0 fully saturated rings. The van der Waals surface area contributed by atoms with Crippen LogP contribution in [-0.2, 0) is 11.3 Å². The summed E-state index contributed by atoms with van der Waals surface area (Å²) in [4.78, 5) is 31.1. The lowest BCUT2D eigenvalue weighted by Crippen LogP contribution is -2.37. The highest BCUT2D eigenvalue weighted by Gasteiger charge is 2.18. The molecule has 6 nitrogen and oxygen atoms in total. The first-order valence-corrected chi connectivity index (χ1v) is 8.70. The van der Waals surface area contributed by atoms with E-state index in [1.807, 2.05) is 38.1 Å². The van der Waals surface area contributed by atoms with Crippen LogP contribution in [0.25, 0.3) is 11.0 Å². The summed E-state index contributed by atoms with van der Waals surface area (Å²) in [6.45, 7) is 4.14. The lowest BCUT2D eigenvalue weighted by Gasteiger charge is -2.23. The fourth-order valence-corrected chi connectivity index (χ4v) is 2.95. The van der Waals surface area contributed by atoms with Crippen LogP contribution in [0.1, 0.15) is 17.5 Å². The molecule has 0 unspecified atom stereocenters. The van der Waals surface area contributed by atoms with Gasteiger partial charge in [-0.1, -0.05) is 18.2 Å². The third-order valence-electron chi connectivity index (χ3n) is 4.60.